The van der Waals surface area contributed by atoms with Crippen molar-refractivity contribution in [1.29, 1.82) is 0 Å². The van der Waals surface area contributed by atoms with E-state index in [1.165, 1.54) is 61.9 Å². The Kier molecular flexibility index (Phi) is 7.36. The normalized spacial score (nSPS) is 14.6. The van der Waals surface area contributed by atoms with Crippen molar-refractivity contribution in [3.05, 3.63) is 78.1 Å². The van der Waals surface area contributed by atoms with E-state index < -0.39 is 0 Å². The van der Waals surface area contributed by atoms with E-state index in [2.05, 4.69) is 83.3 Å². The van der Waals surface area contributed by atoms with E-state index in [1.807, 2.05) is 0 Å². The predicted octanol–water partition coefficient (Wildman–Crippen LogP) is 6.54. The van der Waals surface area contributed by atoms with Crippen LogP contribution in [0.1, 0.15) is 56.7 Å². The summed E-state index contributed by atoms with van der Waals surface area (Å²) in [7, 11) is 0. The molecule has 0 spiro atoms. The van der Waals surface area contributed by atoms with Crippen LogP contribution in [0.3, 0.4) is 0 Å². The highest BCUT2D eigenvalue weighted by atomic mass is 15.2. The van der Waals surface area contributed by atoms with Gasteiger partial charge in [-0.2, -0.15) is 0 Å². The SMILES string of the molecule is CCCCn1c(CN(Cc2ccccc2)CC2CCCC2)cnc1-c1ccccc1. The number of unbranched alkanes of at least 4 members (excludes halogenated alkanes) is 1. The Balaban J connectivity index is 1.58. The second-order valence-electron chi connectivity index (χ2n) is 8.75. The number of hydrogen-bond acceptors (Lipinski definition) is 2. The van der Waals surface area contributed by atoms with Crippen LogP contribution in [0.15, 0.2) is 66.9 Å². The van der Waals surface area contributed by atoms with E-state index in [0.717, 1.165) is 31.4 Å². The van der Waals surface area contributed by atoms with Gasteiger partial charge in [-0.15, -0.1) is 0 Å². The van der Waals surface area contributed by atoms with Crippen LogP contribution in [0.25, 0.3) is 11.4 Å². The zero-order valence-corrected chi connectivity index (χ0v) is 18.3. The molecule has 1 aromatic heterocycles. The fraction of sp³-hybridized carbons (Fsp3) is 0.444. The number of hydrogen-bond donors (Lipinski definition) is 0. The van der Waals surface area contributed by atoms with E-state index in [0.29, 0.717) is 0 Å². The number of nitrogens with zero attached hydrogens (tertiary/aromatic N) is 3. The van der Waals surface area contributed by atoms with E-state index in [9.17, 15) is 0 Å². The lowest BCUT2D eigenvalue weighted by molar-refractivity contribution is 0.210. The van der Waals surface area contributed by atoms with Gasteiger partial charge >= 0.3 is 0 Å². The van der Waals surface area contributed by atoms with Crippen molar-refractivity contribution < 1.29 is 0 Å². The maximum Gasteiger partial charge on any atom is 0.140 e. The van der Waals surface area contributed by atoms with Crippen molar-refractivity contribution in [2.45, 2.75) is 65.1 Å². The Bertz CT molecular complexity index is 879. The van der Waals surface area contributed by atoms with Gasteiger partial charge in [-0.05, 0) is 30.7 Å². The number of benzene rings is 2. The molecule has 1 fully saturated rings. The molecule has 3 heteroatoms. The van der Waals surface area contributed by atoms with Gasteiger partial charge in [0.05, 0.1) is 11.9 Å². The lowest BCUT2D eigenvalue weighted by Crippen LogP contribution is -2.29. The van der Waals surface area contributed by atoms with Crippen LogP contribution in [0, 0.1) is 5.92 Å². The highest BCUT2D eigenvalue weighted by Crippen LogP contribution is 2.27. The Labute approximate surface area is 181 Å². The molecular weight excluding hydrogens is 366 g/mol. The smallest absolute Gasteiger partial charge is 0.140 e. The molecule has 0 amide bonds. The molecule has 2 aromatic carbocycles. The maximum absolute atomic E-state index is 4.87. The van der Waals surface area contributed by atoms with Gasteiger partial charge in [0, 0.05) is 31.7 Å². The molecule has 0 atom stereocenters. The zero-order chi connectivity index (χ0) is 20.6. The first kappa shape index (κ1) is 20.9. The average molecular weight is 402 g/mol. The Morgan fingerprint density at radius 3 is 2.33 bits per heavy atom. The summed E-state index contributed by atoms with van der Waals surface area (Å²) in [6, 6.07) is 21.6. The highest BCUT2D eigenvalue weighted by Gasteiger charge is 2.21. The lowest BCUT2D eigenvalue weighted by atomic mass is 10.1. The average Bonchev–Trinajstić information content (AvgIpc) is 3.43. The number of rotatable bonds is 10. The van der Waals surface area contributed by atoms with Gasteiger partial charge in [-0.1, -0.05) is 86.8 Å². The minimum absolute atomic E-state index is 0.842. The molecule has 0 bridgehead atoms. The Morgan fingerprint density at radius 2 is 1.63 bits per heavy atom. The van der Waals surface area contributed by atoms with Crippen LogP contribution >= 0.6 is 0 Å². The topological polar surface area (TPSA) is 21.1 Å². The molecule has 3 nitrogen and oxygen atoms in total. The minimum Gasteiger partial charge on any atom is -0.327 e. The zero-order valence-electron chi connectivity index (χ0n) is 18.3. The third kappa shape index (κ3) is 5.40. The van der Waals surface area contributed by atoms with Crippen molar-refractivity contribution in [1.82, 2.24) is 14.5 Å². The summed E-state index contributed by atoms with van der Waals surface area (Å²) in [5, 5.41) is 0. The van der Waals surface area contributed by atoms with E-state index in [1.54, 1.807) is 0 Å². The molecule has 0 saturated heterocycles. The van der Waals surface area contributed by atoms with Crippen LogP contribution < -0.4 is 0 Å². The molecule has 4 rings (SSSR count). The van der Waals surface area contributed by atoms with Crippen LogP contribution in [-0.4, -0.2) is 21.0 Å². The third-order valence-corrected chi connectivity index (χ3v) is 6.33. The van der Waals surface area contributed by atoms with E-state index in [4.69, 9.17) is 4.98 Å². The molecule has 30 heavy (non-hydrogen) atoms. The first-order valence-electron chi connectivity index (χ1n) is 11.7. The monoisotopic (exact) mass is 401 g/mol. The van der Waals surface area contributed by atoms with Crippen molar-refractivity contribution in [2.24, 2.45) is 5.92 Å². The molecule has 1 aliphatic rings. The summed E-state index contributed by atoms with van der Waals surface area (Å²) in [4.78, 5) is 7.52. The summed E-state index contributed by atoms with van der Waals surface area (Å²) >= 11 is 0. The standard InChI is InChI=1S/C27H35N3/c1-2-3-18-30-26(19-28-27(30)25-16-8-5-9-17-25)22-29(21-24-14-10-11-15-24)20-23-12-6-4-7-13-23/h4-9,12-13,16-17,19,24H,2-3,10-11,14-15,18,20-22H2,1H3. The van der Waals surface area contributed by atoms with Crippen LogP contribution in [0.5, 0.6) is 0 Å². The first-order valence-corrected chi connectivity index (χ1v) is 11.7. The molecule has 1 aliphatic carbocycles. The molecular formula is C27H35N3. The fourth-order valence-corrected chi connectivity index (χ4v) is 4.73. The van der Waals surface area contributed by atoms with Gasteiger partial charge in [-0.3, -0.25) is 4.90 Å². The maximum atomic E-state index is 4.87. The van der Waals surface area contributed by atoms with E-state index >= 15 is 0 Å². The summed E-state index contributed by atoms with van der Waals surface area (Å²) in [5.41, 5.74) is 3.96. The van der Waals surface area contributed by atoms with Gasteiger partial charge in [0.2, 0.25) is 0 Å². The first-order chi connectivity index (χ1) is 14.8. The fourth-order valence-electron chi connectivity index (χ4n) is 4.73. The highest BCUT2D eigenvalue weighted by molar-refractivity contribution is 5.55. The van der Waals surface area contributed by atoms with Gasteiger partial charge < -0.3 is 4.57 Å². The quantitative estimate of drug-likeness (QED) is 0.384. The summed E-state index contributed by atoms with van der Waals surface area (Å²) in [6.07, 6.45) is 10.1. The molecule has 3 aromatic rings. The van der Waals surface area contributed by atoms with Crippen molar-refractivity contribution in [3.63, 3.8) is 0 Å². The van der Waals surface area contributed by atoms with Crippen LogP contribution in [0.2, 0.25) is 0 Å². The minimum atomic E-state index is 0.842. The Hall–Kier alpha value is -2.39. The van der Waals surface area contributed by atoms with Crippen molar-refractivity contribution in [3.8, 4) is 11.4 Å². The molecule has 0 N–H and O–H groups in total. The predicted molar refractivity (Wildman–Crippen MR) is 125 cm³/mol. The van der Waals surface area contributed by atoms with Crippen LogP contribution in [-0.2, 0) is 19.6 Å². The summed E-state index contributed by atoms with van der Waals surface area (Å²) in [6.45, 7) is 6.47. The molecule has 1 saturated carbocycles. The second kappa shape index (κ2) is 10.6. The largest absolute Gasteiger partial charge is 0.327 e. The van der Waals surface area contributed by atoms with Gasteiger partial charge in [0.15, 0.2) is 0 Å². The molecule has 158 valence electrons. The second-order valence-corrected chi connectivity index (χ2v) is 8.75. The molecule has 0 aliphatic heterocycles. The lowest BCUT2D eigenvalue weighted by Gasteiger charge is -2.26. The van der Waals surface area contributed by atoms with Gasteiger partial charge in [-0.25, -0.2) is 4.98 Å². The van der Waals surface area contributed by atoms with Crippen molar-refractivity contribution >= 4 is 0 Å². The summed E-state index contributed by atoms with van der Waals surface area (Å²) in [5.74, 6) is 1.95. The van der Waals surface area contributed by atoms with Gasteiger partial charge in [0.25, 0.3) is 0 Å². The number of imidazole rings is 1. The third-order valence-electron chi connectivity index (χ3n) is 6.33. The molecule has 0 unspecified atom stereocenters. The summed E-state index contributed by atoms with van der Waals surface area (Å²) < 4.78 is 2.46. The molecule has 1 heterocycles. The molecule has 0 radical (unpaired) electrons. The van der Waals surface area contributed by atoms with Gasteiger partial charge in [0.1, 0.15) is 5.82 Å². The Morgan fingerprint density at radius 1 is 0.933 bits per heavy atom. The van der Waals surface area contributed by atoms with E-state index in [-0.39, 0.29) is 0 Å². The number of aromatic nitrogens is 2. The van der Waals surface area contributed by atoms with Crippen LogP contribution in [0.4, 0.5) is 0 Å². The van der Waals surface area contributed by atoms with Crippen molar-refractivity contribution in [2.75, 3.05) is 6.54 Å².